The third kappa shape index (κ3) is 8.26. The van der Waals surface area contributed by atoms with Gasteiger partial charge in [-0.3, -0.25) is 9.59 Å². The fraction of sp³-hybridized carbons (Fsp3) is 0.240. The van der Waals surface area contributed by atoms with Crippen molar-refractivity contribution in [2.75, 3.05) is 19.8 Å². The third-order valence-electron chi connectivity index (χ3n) is 4.66. The van der Waals surface area contributed by atoms with Crippen molar-refractivity contribution in [1.29, 1.82) is 0 Å². The topological polar surface area (TPSA) is 131 Å². The van der Waals surface area contributed by atoms with Crippen molar-refractivity contribution in [2.45, 2.75) is 13.3 Å². The van der Waals surface area contributed by atoms with Crippen LogP contribution < -0.4 is 10.6 Å². The van der Waals surface area contributed by atoms with Crippen LogP contribution in [0.3, 0.4) is 0 Å². The molecule has 0 aliphatic rings. The highest BCUT2D eigenvalue weighted by atomic mass is 16.3. The van der Waals surface area contributed by atoms with Crippen LogP contribution in [-0.4, -0.2) is 53.7 Å². The van der Waals surface area contributed by atoms with Crippen LogP contribution >= 0.6 is 0 Å². The Labute approximate surface area is 192 Å². The summed E-state index contributed by atoms with van der Waals surface area (Å²) in [5.41, 5.74) is 3.27. The van der Waals surface area contributed by atoms with Gasteiger partial charge < -0.3 is 26.0 Å². The van der Waals surface area contributed by atoms with Gasteiger partial charge in [-0.25, -0.2) is 4.99 Å². The summed E-state index contributed by atoms with van der Waals surface area (Å²) < 4.78 is 0. The van der Waals surface area contributed by atoms with Gasteiger partial charge in [0.1, 0.15) is 5.76 Å². The number of nitrogens with one attached hydrogen (secondary N) is 2. The van der Waals surface area contributed by atoms with E-state index in [0.717, 1.165) is 23.0 Å². The molecule has 0 saturated carbocycles. The minimum absolute atomic E-state index is 0.0302. The average molecular weight is 450 g/mol. The molecule has 33 heavy (non-hydrogen) atoms. The van der Waals surface area contributed by atoms with Crippen molar-refractivity contribution in [3.8, 4) is 11.8 Å². The molecule has 5 N–H and O–H groups in total. The Bertz CT molecular complexity index is 1040. The average Bonchev–Trinajstić information content (AvgIpc) is 2.83. The molecule has 0 bridgehead atoms. The molecule has 0 radical (unpaired) electrons. The molecular weight excluding hydrogens is 422 g/mol. The van der Waals surface area contributed by atoms with Crippen LogP contribution in [0.15, 0.2) is 65.0 Å². The molecule has 1 atom stereocenters. The maximum Gasteiger partial charge on any atom is 0.251 e. The third-order valence-corrected chi connectivity index (χ3v) is 4.66. The predicted octanol–water partition coefficient (Wildman–Crippen LogP) is 1.52. The van der Waals surface area contributed by atoms with Gasteiger partial charge in [0, 0.05) is 29.2 Å². The number of benzene rings is 2. The van der Waals surface area contributed by atoms with Gasteiger partial charge in [0.25, 0.3) is 5.91 Å². The number of rotatable bonds is 10. The molecule has 0 heterocycles. The molecule has 172 valence electrons. The first-order valence-corrected chi connectivity index (χ1v) is 10.3. The standard InChI is InChI=1S/C25H27N3O5/c1-18(32)24(28-16-26-17-31)23(15-30)14-21-6-4-19(5-7-21)2-3-20-8-10-22(11-9-20)25(33)27-12-13-29/h4-11,16-17,23,29-30,32H,12-15H2,1H3,(H,27,33)(H,26,28,31)/b24-18+. The lowest BCUT2D eigenvalue weighted by molar-refractivity contribution is -0.108. The lowest BCUT2D eigenvalue weighted by Crippen LogP contribution is -2.26. The predicted molar refractivity (Wildman–Crippen MR) is 126 cm³/mol. The van der Waals surface area contributed by atoms with Crippen molar-refractivity contribution < 1.29 is 24.9 Å². The lowest BCUT2D eigenvalue weighted by atomic mass is 9.95. The Morgan fingerprint density at radius 3 is 2.18 bits per heavy atom. The van der Waals surface area contributed by atoms with E-state index in [9.17, 15) is 19.8 Å². The van der Waals surface area contributed by atoms with Crippen LogP contribution in [0.1, 0.15) is 34.0 Å². The van der Waals surface area contributed by atoms with Gasteiger partial charge in [0.15, 0.2) is 0 Å². The Kier molecular flexibility index (Phi) is 10.3. The number of allylic oxidation sites excluding steroid dienone is 1. The number of aliphatic hydroxyl groups excluding tert-OH is 3. The summed E-state index contributed by atoms with van der Waals surface area (Å²) >= 11 is 0. The minimum atomic E-state index is -0.440. The maximum absolute atomic E-state index is 11.9. The van der Waals surface area contributed by atoms with E-state index in [1.165, 1.54) is 6.92 Å². The molecule has 0 aromatic heterocycles. The van der Waals surface area contributed by atoms with Crippen molar-refractivity contribution in [3.63, 3.8) is 0 Å². The van der Waals surface area contributed by atoms with Crippen LogP contribution in [0, 0.1) is 17.8 Å². The molecule has 1 unspecified atom stereocenters. The number of nitrogens with zero attached hydrogens (tertiary/aromatic N) is 1. The number of hydrogen-bond acceptors (Lipinski definition) is 6. The summed E-state index contributed by atoms with van der Waals surface area (Å²) in [6.07, 6.45) is 2.07. The SMILES string of the molecule is C/C(O)=C(\N=CNC=O)C(CO)Cc1ccc(C#Cc2ccc(C(=O)NCCO)cc2)cc1. The van der Waals surface area contributed by atoms with E-state index in [2.05, 4.69) is 27.5 Å². The summed E-state index contributed by atoms with van der Waals surface area (Å²) in [5.74, 6) is 5.39. The van der Waals surface area contributed by atoms with E-state index in [1.54, 1.807) is 24.3 Å². The van der Waals surface area contributed by atoms with E-state index >= 15 is 0 Å². The first-order valence-electron chi connectivity index (χ1n) is 10.3. The minimum Gasteiger partial charge on any atom is -0.511 e. The molecular formula is C25H27N3O5. The second kappa shape index (κ2) is 13.5. The van der Waals surface area contributed by atoms with Crippen molar-refractivity contribution in [1.82, 2.24) is 10.6 Å². The summed E-state index contributed by atoms with van der Waals surface area (Å²) in [6.45, 7) is 1.35. The zero-order valence-electron chi connectivity index (χ0n) is 18.3. The second-order valence-corrected chi connectivity index (χ2v) is 7.10. The highest BCUT2D eigenvalue weighted by Crippen LogP contribution is 2.21. The monoisotopic (exact) mass is 449 g/mol. The molecule has 0 spiro atoms. The first-order chi connectivity index (χ1) is 16.0. The van der Waals surface area contributed by atoms with Crippen LogP contribution in [0.4, 0.5) is 0 Å². The summed E-state index contributed by atoms with van der Waals surface area (Å²) in [7, 11) is 0. The largest absolute Gasteiger partial charge is 0.511 e. The van der Waals surface area contributed by atoms with Crippen LogP contribution in [0.2, 0.25) is 0 Å². The van der Waals surface area contributed by atoms with Crippen LogP contribution in [0.25, 0.3) is 0 Å². The molecule has 0 saturated heterocycles. The summed E-state index contributed by atoms with van der Waals surface area (Å²) in [4.78, 5) is 26.3. The zero-order valence-corrected chi connectivity index (χ0v) is 18.3. The number of carbonyl (C=O) groups excluding carboxylic acids is 2. The molecule has 0 fully saturated rings. The van der Waals surface area contributed by atoms with Crippen molar-refractivity contribution in [3.05, 3.63) is 82.2 Å². The lowest BCUT2D eigenvalue weighted by Gasteiger charge is -2.16. The number of carbonyl (C=O) groups is 2. The van der Waals surface area contributed by atoms with Crippen LogP contribution in [0.5, 0.6) is 0 Å². The molecule has 2 amide bonds. The van der Waals surface area contributed by atoms with Gasteiger partial charge in [-0.05, 0) is 55.3 Å². The quantitative estimate of drug-likeness (QED) is 0.123. The molecule has 0 aliphatic heterocycles. The Hall–Kier alpha value is -3.93. The number of aliphatic imine (C=N–C) groups is 1. The second-order valence-electron chi connectivity index (χ2n) is 7.10. The Morgan fingerprint density at radius 1 is 1.06 bits per heavy atom. The first kappa shape index (κ1) is 25.3. The summed E-state index contributed by atoms with van der Waals surface area (Å²) in [6, 6.07) is 14.4. The van der Waals surface area contributed by atoms with Gasteiger partial charge in [-0.2, -0.15) is 0 Å². The Balaban J connectivity index is 2.05. The molecule has 2 aromatic carbocycles. The van der Waals surface area contributed by atoms with E-state index in [1.807, 2.05) is 24.3 Å². The van der Waals surface area contributed by atoms with Crippen molar-refractivity contribution >= 4 is 18.7 Å². The zero-order chi connectivity index (χ0) is 24.1. The van der Waals surface area contributed by atoms with E-state index in [4.69, 9.17) is 5.11 Å². The summed E-state index contributed by atoms with van der Waals surface area (Å²) in [5, 5.41) is 33.3. The fourth-order valence-electron chi connectivity index (χ4n) is 3.01. The fourth-order valence-corrected chi connectivity index (χ4v) is 3.01. The molecule has 2 aromatic rings. The van der Waals surface area contributed by atoms with Gasteiger partial charge in [-0.1, -0.05) is 24.0 Å². The van der Waals surface area contributed by atoms with E-state index in [-0.39, 0.29) is 31.4 Å². The van der Waals surface area contributed by atoms with E-state index < -0.39 is 5.92 Å². The van der Waals surface area contributed by atoms with E-state index in [0.29, 0.717) is 24.1 Å². The molecule has 8 heteroatoms. The highest BCUT2D eigenvalue weighted by molar-refractivity contribution is 5.94. The number of hydrogen-bond donors (Lipinski definition) is 5. The Morgan fingerprint density at radius 2 is 1.67 bits per heavy atom. The normalized spacial score (nSPS) is 12.3. The van der Waals surface area contributed by atoms with Crippen LogP contribution in [-0.2, 0) is 11.2 Å². The van der Waals surface area contributed by atoms with Gasteiger partial charge >= 0.3 is 0 Å². The maximum atomic E-state index is 11.9. The highest BCUT2D eigenvalue weighted by Gasteiger charge is 2.16. The van der Waals surface area contributed by atoms with Gasteiger partial charge in [0.05, 0.1) is 25.2 Å². The van der Waals surface area contributed by atoms with Gasteiger partial charge in [0.2, 0.25) is 6.41 Å². The number of amides is 2. The number of aliphatic hydroxyl groups is 3. The van der Waals surface area contributed by atoms with Crippen molar-refractivity contribution in [2.24, 2.45) is 10.9 Å². The molecule has 2 rings (SSSR count). The van der Waals surface area contributed by atoms with Gasteiger partial charge in [-0.15, -0.1) is 0 Å². The molecule has 0 aliphatic carbocycles. The smallest absolute Gasteiger partial charge is 0.251 e. The molecule has 8 nitrogen and oxygen atoms in total.